The Labute approximate surface area is 211 Å². The zero-order chi connectivity index (χ0) is 23.9. The molecule has 1 amide bonds. The van der Waals surface area contributed by atoms with Crippen LogP contribution in [0.3, 0.4) is 0 Å². The number of carbonyl (C=O) groups is 1. The highest BCUT2D eigenvalue weighted by Gasteiger charge is 2.49. The lowest BCUT2D eigenvalue weighted by Gasteiger charge is -2.43. The molecule has 1 atom stereocenters. The number of benzene rings is 2. The van der Waals surface area contributed by atoms with Gasteiger partial charge in [0.05, 0.1) is 11.1 Å². The number of halogens is 8. The van der Waals surface area contributed by atoms with Gasteiger partial charge >= 0.3 is 12.4 Å². The third kappa shape index (κ3) is 5.87. The van der Waals surface area contributed by atoms with Crippen molar-refractivity contribution in [3.63, 3.8) is 0 Å². The van der Waals surface area contributed by atoms with Gasteiger partial charge in [0.2, 0.25) is 5.91 Å². The lowest BCUT2D eigenvalue weighted by atomic mass is 9.87. The molecule has 1 fully saturated rings. The van der Waals surface area contributed by atoms with Crippen LogP contribution >= 0.6 is 24.8 Å². The van der Waals surface area contributed by atoms with E-state index in [1.165, 1.54) is 0 Å². The maximum atomic E-state index is 13.5. The Kier molecular flexibility index (Phi) is 9.14. The summed E-state index contributed by atoms with van der Waals surface area (Å²) in [5, 5.41) is 5.87. The van der Waals surface area contributed by atoms with Crippen LogP contribution in [-0.2, 0) is 35.7 Å². The number of hydrogen-bond acceptors (Lipinski definition) is 3. The summed E-state index contributed by atoms with van der Waals surface area (Å²) in [7, 11) is 0. The van der Waals surface area contributed by atoms with Gasteiger partial charge in [0.25, 0.3) is 0 Å². The number of rotatable bonds is 4. The predicted molar refractivity (Wildman–Crippen MR) is 124 cm³/mol. The molecule has 2 aliphatic rings. The van der Waals surface area contributed by atoms with Crippen molar-refractivity contribution in [3.8, 4) is 0 Å². The first kappa shape index (κ1) is 29.2. The zero-order valence-corrected chi connectivity index (χ0v) is 20.1. The Balaban J connectivity index is 0.00000216. The number of nitrogens with zero attached hydrogens (tertiary/aromatic N) is 1. The molecule has 4 nitrogen and oxygen atoms in total. The highest BCUT2D eigenvalue weighted by Crippen LogP contribution is 2.42. The Morgan fingerprint density at radius 2 is 1.51 bits per heavy atom. The molecule has 35 heavy (non-hydrogen) atoms. The van der Waals surface area contributed by atoms with E-state index in [-0.39, 0.29) is 36.4 Å². The summed E-state index contributed by atoms with van der Waals surface area (Å²) in [6.45, 7) is 2.12. The number of amides is 1. The second-order valence-corrected chi connectivity index (χ2v) is 8.35. The molecule has 1 saturated heterocycles. The molecule has 2 aromatic rings. The molecule has 2 aromatic carbocycles. The lowest BCUT2D eigenvalue weighted by molar-refractivity contribution is -0.143. The maximum Gasteiger partial charge on any atom is 0.416 e. The molecule has 1 heterocycles. The smallest absolute Gasteiger partial charge is 0.350 e. The van der Waals surface area contributed by atoms with Crippen molar-refractivity contribution in [2.75, 3.05) is 26.2 Å². The van der Waals surface area contributed by atoms with Crippen LogP contribution in [0.5, 0.6) is 0 Å². The van der Waals surface area contributed by atoms with Crippen molar-refractivity contribution in [2.24, 2.45) is 0 Å². The van der Waals surface area contributed by atoms with Crippen LogP contribution < -0.4 is 10.6 Å². The first-order valence-electron chi connectivity index (χ1n) is 10.6. The van der Waals surface area contributed by atoms with Crippen LogP contribution in [0.4, 0.5) is 26.3 Å². The van der Waals surface area contributed by atoms with Crippen LogP contribution in [0.2, 0.25) is 0 Å². The van der Waals surface area contributed by atoms with E-state index < -0.39 is 41.5 Å². The van der Waals surface area contributed by atoms with Crippen molar-refractivity contribution >= 4 is 30.7 Å². The van der Waals surface area contributed by atoms with Crippen LogP contribution in [0, 0.1) is 0 Å². The number of aryl methyl sites for hydroxylation is 1. The van der Waals surface area contributed by atoms with Gasteiger partial charge < -0.3 is 10.6 Å². The van der Waals surface area contributed by atoms with E-state index in [1.54, 1.807) is 0 Å². The highest BCUT2D eigenvalue weighted by molar-refractivity contribution is 5.89. The molecule has 194 valence electrons. The molecule has 0 bridgehead atoms. The minimum Gasteiger partial charge on any atom is -0.350 e. The molecular formula is C23H25Cl2F6N3O. The number of piperazine rings is 1. The number of hydrogen-bond donors (Lipinski definition) is 2. The zero-order valence-electron chi connectivity index (χ0n) is 18.4. The molecule has 0 radical (unpaired) electrons. The van der Waals surface area contributed by atoms with E-state index in [2.05, 4.69) is 15.5 Å². The quantitative estimate of drug-likeness (QED) is 0.537. The molecule has 2 N–H and O–H groups in total. The van der Waals surface area contributed by atoms with E-state index >= 15 is 0 Å². The van der Waals surface area contributed by atoms with E-state index in [0.717, 1.165) is 11.1 Å². The van der Waals surface area contributed by atoms with Crippen molar-refractivity contribution in [1.82, 2.24) is 15.5 Å². The van der Waals surface area contributed by atoms with Gasteiger partial charge in [-0.25, -0.2) is 0 Å². The highest BCUT2D eigenvalue weighted by atomic mass is 35.5. The molecule has 12 heteroatoms. The first-order valence-corrected chi connectivity index (χ1v) is 10.6. The third-order valence-corrected chi connectivity index (χ3v) is 6.35. The second-order valence-electron chi connectivity index (χ2n) is 8.35. The molecular weight excluding hydrogens is 519 g/mol. The number of carbonyl (C=O) groups excluding carboxylic acids is 1. The van der Waals surface area contributed by atoms with Gasteiger partial charge in [-0.1, -0.05) is 24.3 Å². The van der Waals surface area contributed by atoms with Gasteiger partial charge in [0.15, 0.2) is 0 Å². The summed E-state index contributed by atoms with van der Waals surface area (Å²) in [6.07, 6.45) is -8.72. The van der Waals surface area contributed by atoms with Crippen LogP contribution in [-0.4, -0.2) is 37.0 Å². The summed E-state index contributed by atoms with van der Waals surface area (Å²) >= 11 is 0. The molecule has 0 saturated carbocycles. The minimum absolute atomic E-state index is 0. The second kappa shape index (κ2) is 10.9. The summed E-state index contributed by atoms with van der Waals surface area (Å²) in [5.74, 6) is -0.416. The fourth-order valence-corrected chi connectivity index (χ4v) is 4.80. The monoisotopic (exact) mass is 543 g/mol. The first-order chi connectivity index (χ1) is 15.5. The largest absolute Gasteiger partial charge is 0.416 e. The summed E-state index contributed by atoms with van der Waals surface area (Å²) in [4.78, 5) is 15.6. The molecule has 4 rings (SSSR count). The lowest BCUT2D eigenvalue weighted by Crippen LogP contribution is -2.60. The summed E-state index contributed by atoms with van der Waals surface area (Å²) < 4.78 is 79.1. The van der Waals surface area contributed by atoms with Crippen LogP contribution in [0.1, 0.15) is 34.2 Å². The van der Waals surface area contributed by atoms with Gasteiger partial charge in [-0.2, -0.15) is 26.3 Å². The topological polar surface area (TPSA) is 44.4 Å². The SMILES string of the molecule is Cl.Cl.O=C(NCc1cc(C(F)(F)F)cc(C(F)(F)F)c1)[C@]1(N2CCNCC2)CCc2ccccc21. The van der Waals surface area contributed by atoms with Gasteiger partial charge in [-0.15, -0.1) is 24.8 Å². The normalized spacial score (nSPS) is 20.4. The van der Waals surface area contributed by atoms with Gasteiger partial charge in [-0.05, 0) is 47.7 Å². The molecule has 0 spiro atoms. The Bertz CT molecular complexity index is 1010. The molecule has 1 aliphatic carbocycles. The van der Waals surface area contributed by atoms with Crippen LogP contribution in [0.15, 0.2) is 42.5 Å². The third-order valence-electron chi connectivity index (χ3n) is 6.35. The fraction of sp³-hybridized carbons (Fsp3) is 0.435. The van der Waals surface area contributed by atoms with Crippen molar-refractivity contribution < 1.29 is 31.1 Å². The van der Waals surface area contributed by atoms with E-state index in [4.69, 9.17) is 0 Å². The molecule has 1 aliphatic heterocycles. The Morgan fingerprint density at radius 3 is 2.09 bits per heavy atom. The summed E-state index contributed by atoms with van der Waals surface area (Å²) in [5.41, 5.74) is -2.21. The average molecular weight is 544 g/mol. The number of fused-ring (bicyclic) bond motifs is 1. The van der Waals surface area contributed by atoms with Gasteiger partial charge in [-0.3, -0.25) is 9.69 Å². The van der Waals surface area contributed by atoms with E-state index in [1.807, 2.05) is 24.3 Å². The van der Waals surface area contributed by atoms with Gasteiger partial charge in [0, 0.05) is 32.7 Å². The average Bonchev–Trinajstić information content (AvgIpc) is 3.17. The number of alkyl halides is 6. The number of nitrogens with one attached hydrogen (secondary N) is 2. The van der Waals surface area contributed by atoms with Gasteiger partial charge in [0.1, 0.15) is 5.54 Å². The minimum atomic E-state index is -4.94. The standard InChI is InChI=1S/C23H23F6N3O.2ClH/c24-22(25,26)17-11-15(12-18(13-17)23(27,28)29)14-31-20(33)21(32-9-7-30-8-10-32)6-5-16-3-1-2-4-19(16)21;;/h1-4,11-13,30H,5-10,14H2,(H,31,33);2*1H/t21-;;/m0../s1. The van der Waals surface area contributed by atoms with E-state index in [0.29, 0.717) is 51.2 Å². The maximum absolute atomic E-state index is 13.5. The van der Waals surface area contributed by atoms with Crippen molar-refractivity contribution in [3.05, 3.63) is 70.3 Å². The fourth-order valence-electron chi connectivity index (χ4n) is 4.80. The summed E-state index contributed by atoms with van der Waals surface area (Å²) in [6, 6.07) is 8.90. The van der Waals surface area contributed by atoms with Crippen LogP contribution in [0.25, 0.3) is 0 Å². The Hall–Kier alpha value is -2.01. The molecule has 0 aromatic heterocycles. The van der Waals surface area contributed by atoms with Crippen molar-refractivity contribution in [1.29, 1.82) is 0 Å². The van der Waals surface area contributed by atoms with E-state index in [9.17, 15) is 31.1 Å². The van der Waals surface area contributed by atoms with Crippen molar-refractivity contribution in [2.45, 2.75) is 37.3 Å². The predicted octanol–water partition coefficient (Wildman–Crippen LogP) is 4.93. The molecule has 0 unspecified atom stereocenters. The Morgan fingerprint density at radius 1 is 0.943 bits per heavy atom.